The fraction of sp³-hybridized carbons (Fsp3) is 0.556. The van der Waals surface area contributed by atoms with Gasteiger partial charge in [-0.2, -0.15) is 0 Å². The maximum Gasteiger partial charge on any atom is 0.407 e. The van der Waals surface area contributed by atoms with Crippen LogP contribution in [0.4, 0.5) is 4.79 Å². The summed E-state index contributed by atoms with van der Waals surface area (Å²) in [6.07, 6.45) is 2.49. The van der Waals surface area contributed by atoms with Crippen LogP contribution < -0.4 is 10.6 Å². The van der Waals surface area contributed by atoms with Gasteiger partial charge in [0.05, 0.1) is 5.92 Å². The van der Waals surface area contributed by atoms with Gasteiger partial charge in [-0.3, -0.25) is 4.79 Å². The largest absolute Gasteiger partial charge is 0.444 e. The van der Waals surface area contributed by atoms with Gasteiger partial charge in [-0.05, 0) is 51.2 Å². The lowest BCUT2D eigenvalue weighted by atomic mass is 9.82. The minimum Gasteiger partial charge on any atom is -0.444 e. The Morgan fingerprint density at radius 1 is 1.17 bits per heavy atom. The van der Waals surface area contributed by atoms with E-state index in [9.17, 15) is 9.59 Å². The Kier molecular flexibility index (Phi) is 5.64. The highest BCUT2D eigenvalue weighted by atomic mass is 16.6. The second-order valence-electron chi connectivity index (χ2n) is 6.86. The van der Waals surface area contributed by atoms with Crippen LogP contribution in [0.5, 0.6) is 0 Å². The first-order chi connectivity index (χ1) is 10.9. The number of carbonyl (C=O) groups excluding carboxylic acids is 2. The number of benzene rings is 1. The zero-order valence-corrected chi connectivity index (χ0v) is 14.1. The Labute approximate surface area is 137 Å². The summed E-state index contributed by atoms with van der Waals surface area (Å²) in [6.45, 7) is 6.20. The fourth-order valence-electron chi connectivity index (χ4n) is 2.81. The van der Waals surface area contributed by atoms with Gasteiger partial charge in [0.25, 0.3) is 0 Å². The first kappa shape index (κ1) is 17.3. The Hall–Kier alpha value is -2.04. The monoisotopic (exact) mass is 318 g/mol. The zero-order chi connectivity index (χ0) is 16.9. The van der Waals surface area contributed by atoms with Gasteiger partial charge in [-0.1, -0.05) is 24.3 Å². The predicted molar refractivity (Wildman–Crippen MR) is 89.4 cm³/mol. The number of amides is 2. The van der Waals surface area contributed by atoms with Crippen LogP contribution in [0.1, 0.15) is 50.7 Å². The molecule has 1 atom stereocenters. The van der Waals surface area contributed by atoms with Gasteiger partial charge < -0.3 is 15.4 Å². The quantitative estimate of drug-likeness (QED) is 0.839. The molecule has 5 heteroatoms. The van der Waals surface area contributed by atoms with Crippen molar-refractivity contribution in [3.05, 3.63) is 35.4 Å². The molecule has 0 spiro atoms. The number of rotatable bonds is 4. The molecule has 1 aliphatic rings. The Bertz CT molecular complexity index is 564. The first-order valence-electron chi connectivity index (χ1n) is 8.19. The summed E-state index contributed by atoms with van der Waals surface area (Å²) in [4.78, 5) is 23.9. The number of hydrogen-bond acceptors (Lipinski definition) is 3. The second kappa shape index (κ2) is 7.49. The molecule has 23 heavy (non-hydrogen) atoms. The number of aryl methyl sites for hydroxylation is 1. The molecule has 1 aliphatic carbocycles. The molecule has 5 nitrogen and oxygen atoms in total. The number of hydrogen-bond donors (Lipinski definition) is 2. The van der Waals surface area contributed by atoms with Crippen molar-refractivity contribution in [3.8, 4) is 0 Å². The van der Waals surface area contributed by atoms with Crippen LogP contribution in [-0.4, -0.2) is 30.7 Å². The molecular weight excluding hydrogens is 292 g/mol. The molecule has 0 saturated carbocycles. The van der Waals surface area contributed by atoms with E-state index in [-0.39, 0.29) is 11.8 Å². The highest BCUT2D eigenvalue weighted by Gasteiger charge is 2.25. The molecule has 0 aliphatic heterocycles. The standard InChI is InChI=1S/C18H26N2O3/c1-18(2,3)23-17(22)20-12-11-19-16(21)15-10-6-8-13-7-4-5-9-14(13)15/h4-5,7,9,15H,6,8,10-12H2,1-3H3,(H,19,21)(H,20,22)/t15-/m0/s1. The summed E-state index contributed by atoms with van der Waals surface area (Å²) in [5.41, 5.74) is 1.89. The van der Waals surface area contributed by atoms with Gasteiger partial charge in [0.2, 0.25) is 5.91 Å². The van der Waals surface area contributed by atoms with Crippen LogP contribution in [0, 0.1) is 0 Å². The van der Waals surface area contributed by atoms with Crippen LogP contribution in [0.3, 0.4) is 0 Å². The van der Waals surface area contributed by atoms with E-state index in [1.807, 2.05) is 39.0 Å². The molecule has 0 unspecified atom stereocenters. The third-order valence-corrected chi connectivity index (χ3v) is 3.78. The summed E-state index contributed by atoms with van der Waals surface area (Å²) in [7, 11) is 0. The minimum absolute atomic E-state index is 0.0307. The molecule has 0 heterocycles. The van der Waals surface area contributed by atoms with Crippen LogP contribution >= 0.6 is 0 Å². The maximum atomic E-state index is 12.4. The molecule has 126 valence electrons. The van der Waals surface area contributed by atoms with Crippen molar-refractivity contribution in [1.29, 1.82) is 0 Å². The minimum atomic E-state index is -0.515. The molecule has 0 bridgehead atoms. The normalized spacial score (nSPS) is 17.1. The number of carbonyl (C=O) groups is 2. The second-order valence-corrected chi connectivity index (χ2v) is 6.86. The van der Waals surface area contributed by atoms with Crippen LogP contribution in [0.2, 0.25) is 0 Å². The molecule has 2 amide bonds. The van der Waals surface area contributed by atoms with Crippen LogP contribution in [0.15, 0.2) is 24.3 Å². The fourth-order valence-corrected chi connectivity index (χ4v) is 2.81. The molecule has 1 aromatic carbocycles. The molecule has 1 aromatic rings. The van der Waals surface area contributed by atoms with Gasteiger partial charge in [-0.15, -0.1) is 0 Å². The summed E-state index contributed by atoms with van der Waals surface area (Å²) in [6, 6.07) is 8.13. The third kappa shape index (κ3) is 5.27. The van der Waals surface area contributed by atoms with E-state index in [1.165, 1.54) is 5.56 Å². The Balaban J connectivity index is 1.77. The third-order valence-electron chi connectivity index (χ3n) is 3.78. The van der Waals surface area contributed by atoms with Gasteiger partial charge in [0.15, 0.2) is 0 Å². The van der Waals surface area contributed by atoms with Crippen molar-refractivity contribution < 1.29 is 14.3 Å². The molecule has 0 saturated heterocycles. The van der Waals surface area contributed by atoms with E-state index in [4.69, 9.17) is 4.74 Å². The van der Waals surface area contributed by atoms with Crippen molar-refractivity contribution in [2.24, 2.45) is 0 Å². The average Bonchev–Trinajstić information content (AvgIpc) is 2.49. The van der Waals surface area contributed by atoms with Crippen LogP contribution in [-0.2, 0) is 16.0 Å². The molecule has 0 aromatic heterocycles. The van der Waals surface area contributed by atoms with E-state index in [0.717, 1.165) is 24.8 Å². The van der Waals surface area contributed by atoms with Crippen molar-refractivity contribution in [2.75, 3.05) is 13.1 Å². The summed E-state index contributed by atoms with van der Waals surface area (Å²) >= 11 is 0. The molecule has 2 rings (SSSR count). The SMILES string of the molecule is CC(C)(C)OC(=O)NCCNC(=O)[C@H]1CCCc2ccccc21. The number of ether oxygens (including phenoxy) is 1. The number of nitrogens with one attached hydrogen (secondary N) is 2. The van der Waals surface area contributed by atoms with Crippen molar-refractivity contribution in [3.63, 3.8) is 0 Å². The summed E-state index contributed by atoms with van der Waals surface area (Å²) in [5, 5.41) is 5.54. The Morgan fingerprint density at radius 3 is 2.61 bits per heavy atom. The van der Waals surface area contributed by atoms with E-state index < -0.39 is 11.7 Å². The lowest BCUT2D eigenvalue weighted by molar-refractivity contribution is -0.122. The predicted octanol–water partition coefficient (Wildman–Crippen LogP) is 2.75. The van der Waals surface area contributed by atoms with E-state index in [2.05, 4.69) is 16.7 Å². The van der Waals surface area contributed by atoms with Crippen molar-refractivity contribution in [2.45, 2.75) is 51.6 Å². The van der Waals surface area contributed by atoms with Crippen LogP contribution in [0.25, 0.3) is 0 Å². The van der Waals surface area contributed by atoms with Gasteiger partial charge in [0, 0.05) is 13.1 Å². The number of fused-ring (bicyclic) bond motifs is 1. The molecular formula is C18H26N2O3. The molecule has 0 radical (unpaired) electrons. The lowest BCUT2D eigenvalue weighted by Crippen LogP contribution is -2.39. The topological polar surface area (TPSA) is 67.4 Å². The number of alkyl carbamates (subject to hydrolysis) is 1. The van der Waals surface area contributed by atoms with E-state index >= 15 is 0 Å². The molecule has 0 fully saturated rings. The maximum absolute atomic E-state index is 12.4. The molecule has 2 N–H and O–H groups in total. The van der Waals surface area contributed by atoms with Gasteiger partial charge in [0.1, 0.15) is 5.60 Å². The smallest absolute Gasteiger partial charge is 0.407 e. The van der Waals surface area contributed by atoms with Crippen molar-refractivity contribution in [1.82, 2.24) is 10.6 Å². The summed E-state index contributed by atoms with van der Waals surface area (Å²) in [5.74, 6) is -0.0513. The first-order valence-corrected chi connectivity index (χ1v) is 8.19. The van der Waals surface area contributed by atoms with Gasteiger partial charge >= 0.3 is 6.09 Å². The summed E-state index contributed by atoms with van der Waals surface area (Å²) < 4.78 is 5.14. The average molecular weight is 318 g/mol. The Morgan fingerprint density at radius 2 is 1.87 bits per heavy atom. The zero-order valence-electron chi connectivity index (χ0n) is 14.1. The van der Waals surface area contributed by atoms with E-state index in [0.29, 0.717) is 13.1 Å². The highest BCUT2D eigenvalue weighted by Crippen LogP contribution is 2.31. The lowest BCUT2D eigenvalue weighted by Gasteiger charge is -2.24. The van der Waals surface area contributed by atoms with Crippen molar-refractivity contribution >= 4 is 12.0 Å². The van der Waals surface area contributed by atoms with Gasteiger partial charge in [-0.25, -0.2) is 4.79 Å². The van der Waals surface area contributed by atoms with E-state index in [1.54, 1.807) is 0 Å². The highest BCUT2D eigenvalue weighted by molar-refractivity contribution is 5.84.